The van der Waals surface area contributed by atoms with E-state index in [-0.39, 0.29) is 18.1 Å². The van der Waals surface area contributed by atoms with Gasteiger partial charge in [0.2, 0.25) is 5.91 Å². The number of rotatable bonds is 3. The summed E-state index contributed by atoms with van der Waals surface area (Å²) >= 11 is 0. The third-order valence-corrected chi connectivity index (χ3v) is 2.53. The van der Waals surface area contributed by atoms with E-state index in [0.717, 1.165) is 0 Å². The molecule has 1 saturated heterocycles. The minimum atomic E-state index is -1.09. The van der Waals surface area contributed by atoms with Gasteiger partial charge in [-0.15, -0.1) is 0 Å². The lowest BCUT2D eigenvalue weighted by Crippen LogP contribution is -2.42. The van der Waals surface area contributed by atoms with Crippen LogP contribution in [0.2, 0.25) is 0 Å². The molecular formula is C10H13N3O4. The number of carbonyl (C=O) groups excluding carboxylic acids is 1. The Hall–Kier alpha value is -1.89. The Morgan fingerprint density at radius 3 is 2.71 bits per heavy atom. The van der Waals surface area contributed by atoms with Gasteiger partial charge >= 0.3 is 5.97 Å². The van der Waals surface area contributed by atoms with Gasteiger partial charge in [-0.05, 0) is 0 Å². The van der Waals surface area contributed by atoms with Crippen LogP contribution >= 0.6 is 0 Å². The lowest BCUT2D eigenvalue weighted by atomic mass is 10.4. The molecule has 1 amide bonds. The summed E-state index contributed by atoms with van der Waals surface area (Å²) < 4.78 is 6.62. The maximum atomic E-state index is 11.8. The van der Waals surface area contributed by atoms with Crippen molar-refractivity contribution in [2.75, 3.05) is 26.3 Å². The Morgan fingerprint density at radius 2 is 2.12 bits per heavy atom. The Kier molecular flexibility index (Phi) is 3.38. The summed E-state index contributed by atoms with van der Waals surface area (Å²) in [7, 11) is 0. The second kappa shape index (κ2) is 4.96. The number of ether oxygens (including phenoxy) is 1. The van der Waals surface area contributed by atoms with Crippen molar-refractivity contribution in [1.82, 2.24) is 14.5 Å². The monoisotopic (exact) mass is 239 g/mol. The van der Waals surface area contributed by atoms with E-state index in [0.29, 0.717) is 26.3 Å². The van der Waals surface area contributed by atoms with E-state index < -0.39 is 5.97 Å². The number of nitrogens with zero attached hydrogens (tertiary/aromatic N) is 3. The molecule has 0 saturated carbocycles. The number of carboxylic acid groups (broad SMARTS) is 1. The second-order valence-electron chi connectivity index (χ2n) is 3.73. The van der Waals surface area contributed by atoms with E-state index in [9.17, 15) is 9.59 Å². The summed E-state index contributed by atoms with van der Waals surface area (Å²) in [6.45, 7) is 2.38. The molecular weight excluding hydrogens is 226 g/mol. The van der Waals surface area contributed by atoms with Crippen LogP contribution in [0, 0.1) is 0 Å². The highest BCUT2D eigenvalue weighted by molar-refractivity contribution is 5.85. The normalized spacial score (nSPS) is 15.9. The van der Waals surface area contributed by atoms with Crippen molar-refractivity contribution in [3.05, 3.63) is 18.2 Å². The molecule has 0 radical (unpaired) electrons. The van der Waals surface area contributed by atoms with Crippen LogP contribution < -0.4 is 0 Å². The van der Waals surface area contributed by atoms with Crippen LogP contribution in [0.3, 0.4) is 0 Å². The summed E-state index contributed by atoms with van der Waals surface area (Å²) in [6.07, 6.45) is 2.70. The van der Waals surface area contributed by atoms with Crippen LogP contribution in [-0.2, 0) is 16.1 Å². The average Bonchev–Trinajstić information content (AvgIpc) is 2.79. The highest BCUT2D eigenvalue weighted by Crippen LogP contribution is 2.01. The summed E-state index contributed by atoms with van der Waals surface area (Å²) in [5, 5.41) is 8.69. The first-order chi connectivity index (χ1) is 8.16. The molecule has 0 bridgehead atoms. The van der Waals surface area contributed by atoms with E-state index in [1.54, 1.807) is 4.90 Å². The van der Waals surface area contributed by atoms with Gasteiger partial charge in [0, 0.05) is 19.3 Å². The molecule has 1 aromatic rings. The minimum absolute atomic E-state index is 0.0531. The molecule has 0 spiro atoms. The average molecular weight is 239 g/mol. The van der Waals surface area contributed by atoms with E-state index in [2.05, 4.69) is 4.98 Å². The van der Waals surface area contributed by atoms with Crippen molar-refractivity contribution in [1.29, 1.82) is 0 Å². The fraction of sp³-hybridized carbons (Fsp3) is 0.500. The van der Waals surface area contributed by atoms with E-state index in [1.165, 1.54) is 17.1 Å². The van der Waals surface area contributed by atoms with Crippen molar-refractivity contribution in [2.24, 2.45) is 0 Å². The van der Waals surface area contributed by atoms with Crippen LogP contribution in [0.25, 0.3) is 0 Å². The van der Waals surface area contributed by atoms with Gasteiger partial charge in [0.25, 0.3) is 0 Å². The number of aromatic nitrogens is 2. The molecule has 0 aliphatic carbocycles. The van der Waals surface area contributed by atoms with Gasteiger partial charge in [-0.25, -0.2) is 9.78 Å². The Bertz CT molecular complexity index is 423. The van der Waals surface area contributed by atoms with Gasteiger partial charge in [-0.1, -0.05) is 0 Å². The zero-order chi connectivity index (χ0) is 12.3. The smallest absolute Gasteiger partial charge is 0.356 e. The third-order valence-electron chi connectivity index (χ3n) is 2.53. The molecule has 2 rings (SSSR count). The fourth-order valence-electron chi connectivity index (χ4n) is 1.63. The molecule has 1 fully saturated rings. The lowest BCUT2D eigenvalue weighted by molar-refractivity contribution is -0.135. The summed E-state index contributed by atoms with van der Waals surface area (Å²) in [5.74, 6) is -1.15. The topological polar surface area (TPSA) is 84.7 Å². The Labute approximate surface area is 97.6 Å². The van der Waals surface area contributed by atoms with Gasteiger partial charge in [0.05, 0.1) is 19.5 Å². The predicted molar refractivity (Wildman–Crippen MR) is 56.6 cm³/mol. The quantitative estimate of drug-likeness (QED) is 0.764. The molecule has 17 heavy (non-hydrogen) atoms. The number of carboxylic acids is 1. The van der Waals surface area contributed by atoms with Crippen LogP contribution in [0.5, 0.6) is 0 Å². The molecule has 0 aromatic carbocycles. The van der Waals surface area contributed by atoms with Crippen LogP contribution in [0.15, 0.2) is 12.5 Å². The first-order valence-electron chi connectivity index (χ1n) is 5.27. The molecule has 1 aromatic heterocycles. The molecule has 7 heteroatoms. The zero-order valence-electron chi connectivity index (χ0n) is 9.20. The van der Waals surface area contributed by atoms with Crippen molar-refractivity contribution < 1.29 is 19.4 Å². The van der Waals surface area contributed by atoms with Crippen LogP contribution in [0.1, 0.15) is 10.5 Å². The Balaban J connectivity index is 1.94. The van der Waals surface area contributed by atoms with Gasteiger partial charge in [0.1, 0.15) is 6.54 Å². The molecule has 7 nitrogen and oxygen atoms in total. The standard InChI is InChI=1S/C10H13N3O4/c14-9(13-1-3-17-4-2-13)6-12-5-8(10(15)16)11-7-12/h5,7H,1-4,6H2,(H,15,16). The highest BCUT2D eigenvalue weighted by atomic mass is 16.5. The molecule has 1 N–H and O–H groups in total. The zero-order valence-corrected chi connectivity index (χ0v) is 9.20. The van der Waals surface area contributed by atoms with Crippen molar-refractivity contribution >= 4 is 11.9 Å². The number of carbonyl (C=O) groups is 2. The summed E-state index contributed by atoms with van der Waals surface area (Å²) in [6, 6.07) is 0. The molecule has 92 valence electrons. The molecule has 0 atom stereocenters. The number of imidazole rings is 1. The fourth-order valence-corrected chi connectivity index (χ4v) is 1.63. The van der Waals surface area contributed by atoms with Crippen LogP contribution in [0.4, 0.5) is 0 Å². The van der Waals surface area contributed by atoms with Crippen molar-refractivity contribution in [3.8, 4) is 0 Å². The first-order valence-corrected chi connectivity index (χ1v) is 5.27. The number of aromatic carboxylic acids is 1. The van der Waals surface area contributed by atoms with Crippen molar-refractivity contribution in [3.63, 3.8) is 0 Å². The first kappa shape index (κ1) is 11.6. The second-order valence-corrected chi connectivity index (χ2v) is 3.73. The number of hydrogen-bond acceptors (Lipinski definition) is 4. The largest absolute Gasteiger partial charge is 0.476 e. The van der Waals surface area contributed by atoms with Gasteiger partial charge < -0.3 is 19.3 Å². The minimum Gasteiger partial charge on any atom is -0.476 e. The predicted octanol–water partition coefficient (Wildman–Crippen LogP) is -0.560. The van der Waals surface area contributed by atoms with E-state index >= 15 is 0 Å². The number of morpholine rings is 1. The highest BCUT2D eigenvalue weighted by Gasteiger charge is 2.17. The molecule has 0 unspecified atom stereocenters. The maximum absolute atomic E-state index is 11.8. The van der Waals surface area contributed by atoms with E-state index in [4.69, 9.17) is 9.84 Å². The number of hydrogen-bond donors (Lipinski definition) is 1. The van der Waals surface area contributed by atoms with E-state index in [1.807, 2.05) is 0 Å². The summed E-state index contributed by atoms with van der Waals surface area (Å²) in [5.41, 5.74) is -0.0558. The van der Waals surface area contributed by atoms with Gasteiger partial charge in [-0.2, -0.15) is 0 Å². The van der Waals surface area contributed by atoms with Crippen molar-refractivity contribution in [2.45, 2.75) is 6.54 Å². The lowest BCUT2D eigenvalue weighted by Gasteiger charge is -2.26. The van der Waals surface area contributed by atoms with Gasteiger partial charge in [-0.3, -0.25) is 4.79 Å². The maximum Gasteiger partial charge on any atom is 0.356 e. The molecule has 1 aliphatic rings. The molecule has 2 heterocycles. The van der Waals surface area contributed by atoms with Crippen LogP contribution in [-0.4, -0.2) is 57.7 Å². The Morgan fingerprint density at radius 1 is 1.41 bits per heavy atom. The SMILES string of the molecule is O=C(O)c1cn(CC(=O)N2CCOCC2)cn1. The number of amides is 1. The third kappa shape index (κ3) is 2.82. The molecule has 1 aliphatic heterocycles. The summed E-state index contributed by atoms with van der Waals surface area (Å²) in [4.78, 5) is 27.8. The van der Waals surface area contributed by atoms with Gasteiger partial charge in [0.15, 0.2) is 5.69 Å².